The number of Topliss-reactive ketones (excluding diaryl/α,β-unsaturated/α-hetero) is 1. The van der Waals surface area contributed by atoms with Crippen LogP contribution in [0, 0.1) is 23.7 Å². The lowest BCUT2D eigenvalue weighted by molar-refractivity contribution is -0.303. The van der Waals surface area contributed by atoms with Gasteiger partial charge in [-0.2, -0.15) is 0 Å². The fourth-order valence-electron chi connectivity index (χ4n) is 6.89. The second-order valence-electron chi connectivity index (χ2n) is 13.7. The van der Waals surface area contributed by atoms with Gasteiger partial charge in [0.15, 0.2) is 12.4 Å². The SMILES string of the molecule is CC[C@H]1OC(=O)[C@H](C)[C@@H](O)[C@H](C)[C@@H](O[C@@H]2O[C@H](C)C[C@H](N(C)C)[C@H]2OC(C)=O)[C@@](C)(OC)C[C@@H](C)C(=O)[C@H](C)[C@@H](O)[C@]1(C)O. The molecule has 44 heavy (non-hydrogen) atoms. The molecule has 0 aromatic rings. The Balaban J connectivity index is 2.67. The molecule has 0 saturated carbocycles. The summed E-state index contributed by atoms with van der Waals surface area (Å²) in [5.74, 6) is -5.15. The van der Waals surface area contributed by atoms with E-state index in [1.54, 1.807) is 27.7 Å². The molecule has 2 rings (SSSR count). The van der Waals surface area contributed by atoms with Gasteiger partial charge in [0.2, 0.25) is 0 Å². The largest absolute Gasteiger partial charge is 0.459 e. The number of ether oxygens (including phenoxy) is 5. The molecular formula is C32H57NO11. The maximum absolute atomic E-state index is 13.7. The van der Waals surface area contributed by atoms with Crippen molar-refractivity contribution < 1.29 is 53.4 Å². The van der Waals surface area contributed by atoms with Crippen LogP contribution in [0.15, 0.2) is 0 Å². The van der Waals surface area contributed by atoms with Crippen LogP contribution in [0.1, 0.15) is 81.6 Å². The van der Waals surface area contributed by atoms with Gasteiger partial charge in [-0.25, -0.2) is 0 Å². The smallest absolute Gasteiger partial charge is 0.311 e. The summed E-state index contributed by atoms with van der Waals surface area (Å²) >= 11 is 0. The second kappa shape index (κ2) is 15.3. The summed E-state index contributed by atoms with van der Waals surface area (Å²) in [6, 6.07) is -0.240. The molecule has 2 fully saturated rings. The molecule has 2 aliphatic rings. The maximum Gasteiger partial charge on any atom is 0.311 e. The summed E-state index contributed by atoms with van der Waals surface area (Å²) < 4.78 is 30.3. The number of hydrogen-bond acceptors (Lipinski definition) is 12. The van der Waals surface area contributed by atoms with E-state index in [1.165, 1.54) is 34.8 Å². The molecule has 3 N–H and O–H groups in total. The molecule has 0 radical (unpaired) electrons. The standard InChI is InChI=1S/C32H57NO11/c1-13-23-32(9,39)27(37)18(4)24(35)16(2)15-31(8,40-12)28(19(5)25(36)20(6)29(38)43-23)44-30-26(42-21(7)34)22(33(10)11)14-17(3)41-30/h16-20,22-23,25-28,30,36-37,39H,13-15H2,1-12H3/t16-,17-,18+,19+,20-,22+,23-,25+,26-,27-,28-,30+,31+,32-/m1/s1. The number of cyclic esters (lactones) is 1. The van der Waals surface area contributed by atoms with Crippen LogP contribution in [-0.2, 0) is 38.1 Å². The summed E-state index contributed by atoms with van der Waals surface area (Å²) in [6.45, 7) is 14.5. The molecule has 12 nitrogen and oxygen atoms in total. The summed E-state index contributed by atoms with van der Waals surface area (Å²) in [5, 5.41) is 34.1. The lowest BCUT2D eigenvalue weighted by atomic mass is 9.74. The third-order valence-electron chi connectivity index (χ3n) is 9.80. The Morgan fingerprint density at radius 1 is 1.07 bits per heavy atom. The first kappa shape index (κ1) is 38.5. The second-order valence-corrected chi connectivity index (χ2v) is 13.7. The zero-order valence-corrected chi connectivity index (χ0v) is 28.6. The van der Waals surface area contributed by atoms with Gasteiger partial charge in [-0.05, 0) is 61.1 Å². The number of methoxy groups -OCH3 is 1. The van der Waals surface area contributed by atoms with E-state index in [1.807, 2.05) is 25.9 Å². The Labute approximate surface area is 262 Å². The first-order valence-corrected chi connectivity index (χ1v) is 15.8. The van der Waals surface area contributed by atoms with Crippen molar-refractivity contribution in [3.05, 3.63) is 0 Å². The van der Waals surface area contributed by atoms with Gasteiger partial charge in [-0.15, -0.1) is 0 Å². The Morgan fingerprint density at radius 2 is 1.66 bits per heavy atom. The average Bonchev–Trinajstić information content (AvgIpc) is 2.95. The molecule has 2 aliphatic heterocycles. The third kappa shape index (κ3) is 8.37. The number of likely N-dealkylation sites (N-methyl/N-ethyl adjacent to an activating group) is 1. The summed E-state index contributed by atoms with van der Waals surface area (Å²) in [6.07, 6.45) is -6.26. The van der Waals surface area contributed by atoms with E-state index in [0.29, 0.717) is 6.42 Å². The van der Waals surface area contributed by atoms with Crippen LogP contribution >= 0.6 is 0 Å². The van der Waals surface area contributed by atoms with E-state index in [0.717, 1.165) is 0 Å². The van der Waals surface area contributed by atoms with Gasteiger partial charge in [0.25, 0.3) is 0 Å². The quantitative estimate of drug-likeness (QED) is 0.367. The summed E-state index contributed by atoms with van der Waals surface area (Å²) in [5.41, 5.74) is -3.17. The number of ketones is 1. The molecule has 0 aromatic heterocycles. The number of aliphatic hydroxyl groups is 3. The van der Waals surface area contributed by atoms with Gasteiger partial charge in [-0.1, -0.05) is 27.7 Å². The van der Waals surface area contributed by atoms with Crippen molar-refractivity contribution in [1.29, 1.82) is 0 Å². The van der Waals surface area contributed by atoms with E-state index in [4.69, 9.17) is 23.7 Å². The molecule has 0 spiro atoms. The van der Waals surface area contributed by atoms with Crippen molar-refractivity contribution in [1.82, 2.24) is 4.90 Å². The molecule has 14 atom stereocenters. The van der Waals surface area contributed by atoms with E-state index >= 15 is 0 Å². The number of esters is 2. The molecule has 0 bridgehead atoms. The fourth-order valence-corrected chi connectivity index (χ4v) is 6.89. The van der Waals surface area contributed by atoms with Gasteiger partial charge >= 0.3 is 11.9 Å². The molecule has 2 heterocycles. The Bertz CT molecular complexity index is 989. The Morgan fingerprint density at radius 3 is 2.16 bits per heavy atom. The number of carbonyl (C=O) groups excluding carboxylic acids is 3. The normalized spacial score (nSPS) is 45.0. The van der Waals surface area contributed by atoms with Crippen molar-refractivity contribution in [2.45, 2.75) is 142 Å². The highest BCUT2D eigenvalue weighted by Crippen LogP contribution is 2.39. The van der Waals surface area contributed by atoms with Crippen LogP contribution in [0.5, 0.6) is 0 Å². The lowest BCUT2D eigenvalue weighted by Gasteiger charge is -2.48. The molecule has 0 amide bonds. The number of hydrogen-bond donors (Lipinski definition) is 3. The molecule has 0 aromatic carbocycles. The van der Waals surface area contributed by atoms with Crippen LogP contribution in [0.25, 0.3) is 0 Å². The highest BCUT2D eigenvalue weighted by atomic mass is 16.7. The zero-order valence-electron chi connectivity index (χ0n) is 28.6. The van der Waals surface area contributed by atoms with E-state index in [9.17, 15) is 29.7 Å². The lowest BCUT2D eigenvalue weighted by Crippen LogP contribution is -2.61. The van der Waals surface area contributed by atoms with Gasteiger partial charge in [0, 0.05) is 31.8 Å². The van der Waals surface area contributed by atoms with Gasteiger partial charge < -0.3 is 43.9 Å². The van der Waals surface area contributed by atoms with Gasteiger partial charge in [-0.3, -0.25) is 14.4 Å². The van der Waals surface area contributed by atoms with Gasteiger partial charge in [0.05, 0.1) is 42.0 Å². The maximum atomic E-state index is 13.7. The first-order valence-electron chi connectivity index (χ1n) is 15.8. The minimum Gasteiger partial charge on any atom is -0.459 e. The predicted octanol–water partition coefficient (Wildman–Crippen LogP) is 2.09. The molecule has 0 aliphatic carbocycles. The topological polar surface area (TPSA) is 161 Å². The van der Waals surface area contributed by atoms with Crippen molar-refractivity contribution in [2.24, 2.45) is 23.7 Å². The van der Waals surface area contributed by atoms with Crippen LogP contribution in [0.4, 0.5) is 0 Å². The number of rotatable bonds is 6. The number of nitrogens with zero attached hydrogens (tertiary/aromatic N) is 1. The van der Waals surface area contributed by atoms with E-state index in [-0.39, 0.29) is 30.8 Å². The van der Waals surface area contributed by atoms with Crippen LogP contribution in [-0.4, -0.2) is 119 Å². The highest BCUT2D eigenvalue weighted by Gasteiger charge is 2.52. The van der Waals surface area contributed by atoms with Crippen LogP contribution < -0.4 is 0 Å². The van der Waals surface area contributed by atoms with Crippen molar-refractivity contribution in [2.75, 3.05) is 21.2 Å². The first-order chi connectivity index (χ1) is 20.2. The molecule has 256 valence electrons. The molecule has 0 unspecified atom stereocenters. The summed E-state index contributed by atoms with van der Waals surface area (Å²) in [4.78, 5) is 41.2. The minimum absolute atomic E-state index is 0.108. The third-order valence-corrected chi connectivity index (χ3v) is 9.80. The van der Waals surface area contributed by atoms with Crippen LogP contribution in [0.3, 0.4) is 0 Å². The Hall–Kier alpha value is -1.67. The van der Waals surface area contributed by atoms with Crippen LogP contribution in [0.2, 0.25) is 0 Å². The summed E-state index contributed by atoms with van der Waals surface area (Å²) in [7, 11) is 5.22. The van der Waals surface area contributed by atoms with Crippen molar-refractivity contribution >= 4 is 17.7 Å². The Kier molecular flexibility index (Phi) is 13.4. The minimum atomic E-state index is -1.93. The number of carbonyl (C=O) groups is 3. The molecule has 2 saturated heterocycles. The van der Waals surface area contributed by atoms with Crippen molar-refractivity contribution in [3.8, 4) is 0 Å². The molecule has 12 heteroatoms. The molecular weight excluding hydrogens is 574 g/mol. The predicted molar refractivity (Wildman–Crippen MR) is 161 cm³/mol. The number of aliphatic hydroxyl groups excluding tert-OH is 2. The zero-order chi connectivity index (χ0) is 33.9. The van der Waals surface area contributed by atoms with Gasteiger partial charge in [0.1, 0.15) is 17.5 Å². The van der Waals surface area contributed by atoms with Crippen molar-refractivity contribution in [3.63, 3.8) is 0 Å². The highest BCUT2D eigenvalue weighted by molar-refractivity contribution is 5.83. The van der Waals surface area contributed by atoms with E-state index in [2.05, 4.69) is 0 Å². The fraction of sp³-hybridized carbons (Fsp3) is 0.906. The van der Waals surface area contributed by atoms with E-state index < -0.39 is 83.6 Å². The monoisotopic (exact) mass is 631 g/mol. The average molecular weight is 632 g/mol.